The van der Waals surface area contributed by atoms with Crippen LogP contribution in [-0.4, -0.2) is 56.7 Å². The lowest BCUT2D eigenvalue weighted by Gasteiger charge is -2.24. The summed E-state index contributed by atoms with van der Waals surface area (Å²) >= 11 is 0. The molecule has 0 amide bonds. The van der Waals surface area contributed by atoms with E-state index in [0.717, 1.165) is 34.4 Å². The maximum absolute atomic E-state index is 14.0. The highest BCUT2D eigenvalue weighted by molar-refractivity contribution is 5.83. The molecule has 0 aliphatic rings. The van der Waals surface area contributed by atoms with Gasteiger partial charge in [-0.15, -0.1) is 0 Å². The third-order valence-electron chi connectivity index (χ3n) is 9.71. The van der Waals surface area contributed by atoms with Crippen LogP contribution in [0.5, 0.6) is 0 Å². The van der Waals surface area contributed by atoms with Crippen LogP contribution in [0.4, 0.5) is 26.3 Å². The molecule has 0 saturated heterocycles. The minimum absolute atomic E-state index is 0.127. The number of aliphatic hydroxyl groups excluding tert-OH is 2. The van der Waals surface area contributed by atoms with Crippen molar-refractivity contribution in [1.29, 1.82) is 0 Å². The molecule has 0 aromatic heterocycles. The van der Waals surface area contributed by atoms with E-state index in [1.54, 1.807) is 38.1 Å². The first-order valence-corrected chi connectivity index (χ1v) is 17.3. The van der Waals surface area contributed by atoms with Crippen molar-refractivity contribution in [2.45, 2.75) is 64.2 Å². The minimum atomic E-state index is -4.69. The molecule has 0 radical (unpaired) electrons. The average molecular weight is 785 g/mol. The van der Waals surface area contributed by atoms with Crippen LogP contribution < -0.4 is 10.6 Å². The second kappa shape index (κ2) is 17.2. The van der Waals surface area contributed by atoms with E-state index in [0.29, 0.717) is 22.3 Å². The fraction of sp³-hybridized carbons (Fsp3) is 0.286. The molecule has 0 fully saturated rings. The minimum Gasteiger partial charge on any atom is -0.480 e. The van der Waals surface area contributed by atoms with E-state index in [4.69, 9.17) is 0 Å². The number of aliphatic carboxylic acids is 2. The molecule has 2 atom stereocenters. The molecule has 0 saturated carbocycles. The van der Waals surface area contributed by atoms with Gasteiger partial charge in [0, 0.05) is 13.1 Å². The summed E-state index contributed by atoms with van der Waals surface area (Å²) in [6, 6.07) is 17.5. The largest absolute Gasteiger partial charge is 0.480 e. The SMILES string of the molecule is Cc1c(/C=C/c2cc(CNC(C)(CO)C(=O)O)ccc2C(F)(F)F)cccc1-c1cccc(/C=C/c2cc(CNC(C)(CO)C(=O)O)ccc2C(F)(F)F)c1C. The van der Waals surface area contributed by atoms with E-state index < -0.39 is 59.7 Å². The highest BCUT2D eigenvalue weighted by Gasteiger charge is 2.35. The first-order chi connectivity index (χ1) is 26.1. The molecule has 0 bridgehead atoms. The van der Waals surface area contributed by atoms with E-state index in [2.05, 4.69) is 10.6 Å². The number of hydrogen-bond donors (Lipinski definition) is 6. The fourth-order valence-electron chi connectivity index (χ4n) is 5.84. The molecule has 6 N–H and O–H groups in total. The van der Waals surface area contributed by atoms with Crippen LogP contribution in [0.25, 0.3) is 35.4 Å². The molecule has 2 unspecified atom stereocenters. The fourth-order valence-corrected chi connectivity index (χ4v) is 5.84. The van der Waals surface area contributed by atoms with E-state index >= 15 is 0 Å². The van der Waals surface area contributed by atoms with Gasteiger partial charge in [-0.25, -0.2) is 0 Å². The van der Waals surface area contributed by atoms with Gasteiger partial charge in [0.25, 0.3) is 0 Å². The quantitative estimate of drug-likeness (QED) is 0.0524. The van der Waals surface area contributed by atoms with Crippen molar-refractivity contribution in [1.82, 2.24) is 10.6 Å². The molecule has 4 aromatic rings. The molecule has 8 nitrogen and oxygen atoms in total. The van der Waals surface area contributed by atoms with Crippen LogP contribution in [0.15, 0.2) is 72.8 Å². The number of rotatable bonds is 15. The summed E-state index contributed by atoms with van der Waals surface area (Å²) < 4.78 is 84.1. The number of aliphatic hydroxyl groups is 2. The van der Waals surface area contributed by atoms with Crippen molar-refractivity contribution in [2.24, 2.45) is 0 Å². The topological polar surface area (TPSA) is 139 Å². The van der Waals surface area contributed by atoms with Gasteiger partial charge in [0.15, 0.2) is 0 Å². The molecule has 14 heteroatoms. The Labute approximate surface area is 319 Å². The van der Waals surface area contributed by atoms with Crippen LogP contribution in [0.3, 0.4) is 0 Å². The number of halogens is 6. The molecule has 56 heavy (non-hydrogen) atoms. The lowest BCUT2D eigenvalue weighted by molar-refractivity contribution is -0.146. The third kappa shape index (κ3) is 10.1. The van der Waals surface area contributed by atoms with Crippen molar-refractivity contribution in [3.8, 4) is 11.1 Å². The maximum atomic E-state index is 14.0. The van der Waals surface area contributed by atoms with Crippen LogP contribution in [0.1, 0.15) is 69.5 Å². The lowest BCUT2D eigenvalue weighted by Crippen LogP contribution is -2.52. The summed E-state index contributed by atoms with van der Waals surface area (Å²) in [6.07, 6.45) is -3.66. The van der Waals surface area contributed by atoms with Crippen molar-refractivity contribution in [3.63, 3.8) is 0 Å². The maximum Gasteiger partial charge on any atom is 0.416 e. The summed E-state index contributed by atoms with van der Waals surface area (Å²) in [7, 11) is 0. The Balaban J connectivity index is 1.68. The molecular weight excluding hydrogens is 742 g/mol. The van der Waals surface area contributed by atoms with Crippen molar-refractivity contribution >= 4 is 36.2 Å². The van der Waals surface area contributed by atoms with Crippen molar-refractivity contribution in [3.05, 3.63) is 128 Å². The summed E-state index contributed by atoms with van der Waals surface area (Å²) in [5.74, 6) is -2.64. The van der Waals surface area contributed by atoms with E-state index in [1.165, 1.54) is 62.4 Å². The predicted molar refractivity (Wildman–Crippen MR) is 202 cm³/mol. The van der Waals surface area contributed by atoms with Crippen molar-refractivity contribution in [2.75, 3.05) is 13.2 Å². The summed E-state index contributed by atoms with van der Waals surface area (Å²) in [5, 5.41) is 43.2. The van der Waals surface area contributed by atoms with Crippen LogP contribution >= 0.6 is 0 Å². The molecule has 0 heterocycles. The highest BCUT2D eigenvalue weighted by Crippen LogP contribution is 2.36. The first-order valence-electron chi connectivity index (χ1n) is 17.3. The zero-order chi connectivity index (χ0) is 41.6. The Morgan fingerprint density at radius 3 is 1.21 bits per heavy atom. The van der Waals surface area contributed by atoms with Gasteiger partial charge in [0.05, 0.1) is 24.3 Å². The number of carboxylic acid groups (broad SMARTS) is 2. The van der Waals surface area contributed by atoms with Crippen LogP contribution in [0.2, 0.25) is 0 Å². The molecule has 0 aliphatic carbocycles. The second-order valence-electron chi connectivity index (χ2n) is 13.8. The van der Waals surface area contributed by atoms with Gasteiger partial charge in [-0.05, 0) is 108 Å². The van der Waals surface area contributed by atoms with Gasteiger partial charge in [-0.3, -0.25) is 20.2 Å². The average Bonchev–Trinajstić information content (AvgIpc) is 3.14. The second-order valence-corrected chi connectivity index (χ2v) is 13.8. The zero-order valence-electron chi connectivity index (χ0n) is 30.9. The summed E-state index contributed by atoms with van der Waals surface area (Å²) in [5.41, 5.74) is -0.703. The first kappa shape index (κ1) is 43.4. The number of carbonyl (C=O) groups is 2. The standard InChI is InChI=1S/C42H42F6N2O6/c1-25-29(13-15-31-19-27(11-17-35(31)41(43,44)45)21-49-39(3,23-51)37(53)54)7-5-9-33(25)34-10-6-8-30(26(34)2)14-16-32-20-28(12-18-36(32)42(46,47)48)22-50-40(4,24-52)38(55)56/h5-20,49-52H,21-24H2,1-4H3,(H,53,54)(H,55,56)/b15-13+,16-14+. The lowest BCUT2D eigenvalue weighted by atomic mass is 9.90. The number of benzene rings is 4. The Hall–Kier alpha value is -5.28. The van der Waals surface area contributed by atoms with Gasteiger partial charge in [-0.1, -0.05) is 72.8 Å². The molecular formula is C42H42F6N2O6. The number of alkyl halides is 6. The zero-order valence-corrected chi connectivity index (χ0v) is 30.9. The monoisotopic (exact) mass is 784 g/mol. The van der Waals surface area contributed by atoms with Gasteiger partial charge in [0.2, 0.25) is 0 Å². The van der Waals surface area contributed by atoms with Gasteiger partial charge in [0.1, 0.15) is 11.1 Å². The number of carboxylic acids is 2. The molecule has 0 aliphatic heterocycles. The molecule has 4 rings (SSSR count). The number of nitrogens with one attached hydrogen (secondary N) is 2. The van der Waals surface area contributed by atoms with E-state index in [-0.39, 0.29) is 24.2 Å². The molecule has 298 valence electrons. The Bertz CT molecular complexity index is 1990. The third-order valence-corrected chi connectivity index (χ3v) is 9.71. The predicted octanol–water partition coefficient (Wildman–Crippen LogP) is 8.20. The van der Waals surface area contributed by atoms with Crippen molar-refractivity contribution < 1.29 is 56.4 Å². The highest BCUT2D eigenvalue weighted by atomic mass is 19.4. The summed E-state index contributed by atoms with van der Waals surface area (Å²) in [6.45, 7) is 4.38. The Morgan fingerprint density at radius 1 is 0.571 bits per heavy atom. The normalized spacial score (nSPS) is 14.6. The van der Waals surface area contributed by atoms with Crippen LogP contribution in [-0.2, 0) is 35.0 Å². The van der Waals surface area contributed by atoms with Gasteiger partial charge >= 0.3 is 24.3 Å². The van der Waals surface area contributed by atoms with Gasteiger partial charge < -0.3 is 20.4 Å². The van der Waals surface area contributed by atoms with E-state index in [9.17, 15) is 56.4 Å². The van der Waals surface area contributed by atoms with E-state index in [1.807, 2.05) is 12.1 Å². The molecule has 4 aromatic carbocycles. The smallest absolute Gasteiger partial charge is 0.416 e. The summed E-state index contributed by atoms with van der Waals surface area (Å²) in [4.78, 5) is 23.1. The van der Waals surface area contributed by atoms with Gasteiger partial charge in [-0.2, -0.15) is 26.3 Å². The number of hydrogen-bond acceptors (Lipinski definition) is 6. The Kier molecular flexibility index (Phi) is 13.4. The van der Waals surface area contributed by atoms with Crippen LogP contribution in [0, 0.1) is 13.8 Å². The Morgan fingerprint density at radius 2 is 0.911 bits per heavy atom. The molecule has 0 spiro atoms.